The molecule has 3 fully saturated rings. The second kappa shape index (κ2) is 4.22. The summed E-state index contributed by atoms with van der Waals surface area (Å²) in [5.41, 5.74) is 0.511. The Labute approximate surface area is 121 Å². The Hall–Kier alpha value is -1.06. The Bertz CT molecular complexity index is 459. The standard InChI is InChI=1S/C16H26N2O2/c1-15(2)10-7-8-16(15,3)12(9-10)17-14(20)11-5-6-13(19)18(11)4/h10-12H,5-9H2,1-4H3,(H,17,20)/t10-,11+,12-,16-/m1/s1. The molecule has 2 saturated carbocycles. The van der Waals surface area contributed by atoms with Gasteiger partial charge < -0.3 is 10.2 Å². The molecule has 20 heavy (non-hydrogen) atoms. The maximum atomic E-state index is 12.5. The highest BCUT2D eigenvalue weighted by atomic mass is 16.2. The van der Waals surface area contributed by atoms with Crippen LogP contribution in [0.15, 0.2) is 0 Å². The lowest BCUT2D eigenvalue weighted by Crippen LogP contribution is -2.52. The number of carbonyl (C=O) groups excluding carboxylic acids is 2. The van der Waals surface area contributed by atoms with E-state index in [0.29, 0.717) is 18.3 Å². The Morgan fingerprint density at radius 2 is 2.00 bits per heavy atom. The number of amides is 2. The van der Waals surface area contributed by atoms with E-state index < -0.39 is 0 Å². The lowest BCUT2D eigenvalue weighted by molar-refractivity contribution is -0.134. The summed E-state index contributed by atoms with van der Waals surface area (Å²) in [6.07, 6.45) is 4.76. The van der Waals surface area contributed by atoms with Crippen molar-refractivity contribution >= 4 is 11.8 Å². The molecule has 4 nitrogen and oxygen atoms in total. The maximum Gasteiger partial charge on any atom is 0.243 e. The van der Waals surface area contributed by atoms with Crippen LogP contribution in [0.2, 0.25) is 0 Å². The van der Waals surface area contributed by atoms with Crippen LogP contribution in [0.5, 0.6) is 0 Å². The van der Waals surface area contributed by atoms with Gasteiger partial charge in [-0.25, -0.2) is 0 Å². The van der Waals surface area contributed by atoms with Crippen LogP contribution in [0, 0.1) is 16.7 Å². The molecule has 1 saturated heterocycles. The number of fused-ring (bicyclic) bond motifs is 2. The van der Waals surface area contributed by atoms with Gasteiger partial charge in [-0.1, -0.05) is 20.8 Å². The maximum absolute atomic E-state index is 12.5. The number of likely N-dealkylation sites (N-methyl/N-ethyl adjacent to an activating group) is 1. The first-order valence-electron chi connectivity index (χ1n) is 7.83. The van der Waals surface area contributed by atoms with Crippen molar-refractivity contribution in [3.63, 3.8) is 0 Å². The first-order valence-corrected chi connectivity index (χ1v) is 7.83. The molecule has 4 atom stereocenters. The first kappa shape index (κ1) is 13.9. The van der Waals surface area contributed by atoms with Gasteiger partial charge in [0.1, 0.15) is 6.04 Å². The summed E-state index contributed by atoms with van der Waals surface area (Å²) in [7, 11) is 1.74. The summed E-state index contributed by atoms with van der Waals surface area (Å²) in [5, 5.41) is 3.27. The number of hydrogen-bond acceptors (Lipinski definition) is 2. The highest BCUT2D eigenvalue weighted by Crippen LogP contribution is 2.65. The average Bonchev–Trinajstić information content (AvgIpc) is 2.88. The second-order valence-electron chi connectivity index (χ2n) is 7.73. The third-order valence-corrected chi connectivity index (χ3v) is 6.91. The molecular formula is C16H26N2O2. The topological polar surface area (TPSA) is 49.4 Å². The first-order chi connectivity index (χ1) is 9.27. The van der Waals surface area contributed by atoms with Crippen LogP contribution < -0.4 is 5.32 Å². The zero-order valence-corrected chi connectivity index (χ0v) is 13.0. The molecule has 2 aliphatic carbocycles. The van der Waals surface area contributed by atoms with Crippen LogP contribution in [0.1, 0.15) is 52.9 Å². The van der Waals surface area contributed by atoms with Crippen molar-refractivity contribution in [2.45, 2.75) is 65.0 Å². The fraction of sp³-hybridized carbons (Fsp3) is 0.875. The smallest absolute Gasteiger partial charge is 0.243 e. The molecule has 0 aromatic heterocycles. The van der Waals surface area contributed by atoms with E-state index in [4.69, 9.17) is 0 Å². The molecule has 1 aliphatic heterocycles. The van der Waals surface area contributed by atoms with Gasteiger partial charge in [0, 0.05) is 19.5 Å². The molecule has 0 spiro atoms. The predicted molar refractivity (Wildman–Crippen MR) is 77.0 cm³/mol. The van der Waals surface area contributed by atoms with Gasteiger partial charge in [-0.15, -0.1) is 0 Å². The Morgan fingerprint density at radius 3 is 2.45 bits per heavy atom. The fourth-order valence-corrected chi connectivity index (χ4v) is 4.80. The van der Waals surface area contributed by atoms with Crippen molar-refractivity contribution in [2.75, 3.05) is 7.05 Å². The van der Waals surface area contributed by atoms with E-state index >= 15 is 0 Å². The normalized spacial score (nSPS) is 42.3. The number of carbonyl (C=O) groups is 2. The van der Waals surface area contributed by atoms with E-state index in [0.717, 1.165) is 12.3 Å². The average molecular weight is 278 g/mol. The van der Waals surface area contributed by atoms with Crippen molar-refractivity contribution in [2.24, 2.45) is 16.7 Å². The summed E-state index contributed by atoms with van der Waals surface area (Å²) >= 11 is 0. The van der Waals surface area contributed by atoms with Gasteiger partial charge in [-0.05, 0) is 42.4 Å². The minimum Gasteiger partial charge on any atom is -0.351 e. The number of hydrogen-bond donors (Lipinski definition) is 1. The molecule has 3 rings (SSSR count). The molecule has 4 heteroatoms. The van der Waals surface area contributed by atoms with Gasteiger partial charge in [0.15, 0.2) is 0 Å². The highest BCUT2D eigenvalue weighted by molar-refractivity contribution is 5.90. The Morgan fingerprint density at radius 1 is 1.30 bits per heavy atom. The van der Waals surface area contributed by atoms with Gasteiger partial charge in [0.2, 0.25) is 11.8 Å². The van der Waals surface area contributed by atoms with Crippen molar-refractivity contribution in [1.29, 1.82) is 0 Å². The minimum absolute atomic E-state index is 0.0490. The molecule has 0 aromatic carbocycles. The largest absolute Gasteiger partial charge is 0.351 e. The molecule has 3 aliphatic rings. The molecule has 0 unspecified atom stereocenters. The van der Waals surface area contributed by atoms with E-state index in [1.165, 1.54) is 12.8 Å². The molecule has 2 bridgehead atoms. The van der Waals surface area contributed by atoms with E-state index in [1.54, 1.807) is 11.9 Å². The summed E-state index contributed by atoms with van der Waals surface area (Å²) in [6.45, 7) is 7.03. The zero-order valence-electron chi connectivity index (χ0n) is 13.0. The van der Waals surface area contributed by atoms with E-state index in [1.807, 2.05) is 0 Å². The molecule has 0 aromatic rings. The SMILES string of the molecule is CN1C(=O)CC[C@H]1C(=O)N[C@@H]1C[C@H]2CC[C@@]1(C)C2(C)C. The number of likely N-dealkylation sites (tertiary alicyclic amines) is 1. The third kappa shape index (κ3) is 1.66. The monoisotopic (exact) mass is 278 g/mol. The van der Waals surface area contributed by atoms with E-state index in [-0.39, 0.29) is 29.3 Å². The summed E-state index contributed by atoms with van der Waals surface area (Å²) in [6, 6.07) is 0.0150. The van der Waals surface area contributed by atoms with Crippen molar-refractivity contribution < 1.29 is 9.59 Å². The van der Waals surface area contributed by atoms with Gasteiger partial charge in [-0.2, -0.15) is 0 Å². The van der Waals surface area contributed by atoms with Crippen molar-refractivity contribution in [3.05, 3.63) is 0 Å². The van der Waals surface area contributed by atoms with Crippen LogP contribution in [0.4, 0.5) is 0 Å². The van der Waals surface area contributed by atoms with Gasteiger partial charge in [0.05, 0.1) is 0 Å². The lowest BCUT2D eigenvalue weighted by Gasteiger charge is -2.40. The van der Waals surface area contributed by atoms with Gasteiger partial charge in [0.25, 0.3) is 0 Å². The predicted octanol–water partition coefficient (Wildman–Crippen LogP) is 1.94. The van der Waals surface area contributed by atoms with Crippen molar-refractivity contribution in [1.82, 2.24) is 10.2 Å². The van der Waals surface area contributed by atoms with Crippen LogP contribution in [-0.4, -0.2) is 35.8 Å². The molecule has 0 radical (unpaired) electrons. The van der Waals surface area contributed by atoms with Gasteiger partial charge in [-0.3, -0.25) is 9.59 Å². The van der Waals surface area contributed by atoms with Crippen LogP contribution in [0.25, 0.3) is 0 Å². The van der Waals surface area contributed by atoms with Crippen molar-refractivity contribution in [3.8, 4) is 0 Å². The third-order valence-electron chi connectivity index (χ3n) is 6.91. The number of rotatable bonds is 2. The van der Waals surface area contributed by atoms with Crippen LogP contribution >= 0.6 is 0 Å². The summed E-state index contributed by atoms with van der Waals surface area (Å²) < 4.78 is 0. The molecule has 1 N–H and O–H groups in total. The van der Waals surface area contributed by atoms with E-state index in [9.17, 15) is 9.59 Å². The Kier molecular flexibility index (Phi) is 2.93. The minimum atomic E-state index is -0.256. The van der Waals surface area contributed by atoms with Crippen LogP contribution in [0.3, 0.4) is 0 Å². The summed E-state index contributed by atoms with van der Waals surface area (Å²) in [5.74, 6) is 0.860. The molecule has 112 valence electrons. The fourth-order valence-electron chi connectivity index (χ4n) is 4.80. The summed E-state index contributed by atoms with van der Waals surface area (Å²) in [4.78, 5) is 25.7. The zero-order chi connectivity index (χ0) is 14.7. The molecule has 1 heterocycles. The number of nitrogens with zero attached hydrogens (tertiary/aromatic N) is 1. The Balaban J connectivity index is 1.71. The number of nitrogens with one attached hydrogen (secondary N) is 1. The highest BCUT2D eigenvalue weighted by Gasteiger charge is 2.61. The van der Waals surface area contributed by atoms with E-state index in [2.05, 4.69) is 26.1 Å². The quantitative estimate of drug-likeness (QED) is 0.839. The second-order valence-corrected chi connectivity index (χ2v) is 7.73. The lowest BCUT2D eigenvalue weighted by atomic mass is 9.69. The van der Waals surface area contributed by atoms with Crippen LogP contribution in [-0.2, 0) is 9.59 Å². The molecule has 2 amide bonds. The van der Waals surface area contributed by atoms with Gasteiger partial charge >= 0.3 is 0 Å². The molecular weight excluding hydrogens is 252 g/mol.